The monoisotopic (exact) mass is 484 g/mol. The highest BCUT2D eigenvalue weighted by atomic mass is 16.5. The fourth-order valence-electron chi connectivity index (χ4n) is 4.37. The van der Waals surface area contributed by atoms with Crippen LogP contribution in [0.15, 0.2) is 66.9 Å². The summed E-state index contributed by atoms with van der Waals surface area (Å²) in [4.78, 5) is 19.7. The van der Waals surface area contributed by atoms with Gasteiger partial charge in [-0.25, -0.2) is 9.78 Å². The van der Waals surface area contributed by atoms with Gasteiger partial charge in [-0.3, -0.25) is 0 Å². The van der Waals surface area contributed by atoms with Gasteiger partial charge < -0.3 is 25.5 Å². The molecular weight excluding hydrogens is 452 g/mol. The van der Waals surface area contributed by atoms with Crippen molar-refractivity contribution in [1.82, 2.24) is 9.97 Å². The van der Waals surface area contributed by atoms with E-state index in [1.54, 1.807) is 19.4 Å². The lowest BCUT2D eigenvalue weighted by Crippen LogP contribution is -2.32. The Labute approximate surface area is 211 Å². The number of anilines is 2. The smallest absolute Gasteiger partial charge is 0.326 e. The molecule has 186 valence electrons. The van der Waals surface area contributed by atoms with Crippen LogP contribution in [-0.4, -0.2) is 34.2 Å². The third-order valence-electron chi connectivity index (χ3n) is 6.17. The van der Waals surface area contributed by atoms with E-state index in [1.165, 1.54) is 5.56 Å². The van der Waals surface area contributed by atoms with Crippen molar-refractivity contribution in [3.05, 3.63) is 94.8 Å². The van der Waals surface area contributed by atoms with E-state index in [1.807, 2.05) is 63.2 Å². The number of ether oxygens (including phenoxy) is 1. The average molecular weight is 485 g/mol. The van der Waals surface area contributed by atoms with E-state index < -0.39 is 12.0 Å². The first-order valence-corrected chi connectivity index (χ1v) is 11.9. The summed E-state index contributed by atoms with van der Waals surface area (Å²) < 4.78 is 5.24. The lowest BCUT2D eigenvalue weighted by molar-refractivity contribution is -0.137. The third-order valence-corrected chi connectivity index (χ3v) is 6.17. The van der Waals surface area contributed by atoms with Crippen molar-refractivity contribution in [2.24, 2.45) is 0 Å². The van der Waals surface area contributed by atoms with Crippen LogP contribution in [0.2, 0.25) is 0 Å². The van der Waals surface area contributed by atoms with Gasteiger partial charge in [0.25, 0.3) is 0 Å². The van der Waals surface area contributed by atoms with Gasteiger partial charge in [0.1, 0.15) is 17.6 Å². The minimum atomic E-state index is -0.870. The molecule has 2 heterocycles. The molecule has 2 aromatic carbocycles. The zero-order valence-electron chi connectivity index (χ0n) is 21.1. The van der Waals surface area contributed by atoms with Crippen LogP contribution in [-0.2, 0) is 17.8 Å². The molecular formula is C29H32N4O3. The Morgan fingerprint density at radius 3 is 2.42 bits per heavy atom. The Kier molecular flexibility index (Phi) is 7.59. The van der Waals surface area contributed by atoms with E-state index in [9.17, 15) is 9.90 Å². The number of hydrogen-bond acceptors (Lipinski definition) is 5. The summed E-state index contributed by atoms with van der Waals surface area (Å²) in [6, 6.07) is 19.2. The number of hydrogen-bond donors (Lipinski definition) is 4. The zero-order valence-corrected chi connectivity index (χ0v) is 21.1. The number of pyridine rings is 1. The molecule has 4 aromatic rings. The molecule has 4 rings (SSSR count). The second-order valence-electron chi connectivity index (χ2n) is 9.04. The van der Waals surface area contributed by atoms with Crippen molar-refractivity contribution in [2.45, 2.75) is 39.8 Å². The van der Waals surface area contributed by atoms with Gasteiger partial charge in [-0.15, -0.1) is 0 Å². The molecule has 2 aromatic heterocycles. The number of carbonyl (C=O) groups is 1. The molecule has 0 bridgehead atoms. The molecule has 0 fully saturated rings. The van der Waals surface area contributed by atoms with Crippen molar-refractivity contribution in [2.75, 3.05) is 17.7 Å². The first-order chi connectivity index (χ1) is 17.3. The first kappa shape index (κ1) is 24.9. The van der Waals surface area contributed by atoms with Crippen LogP contribution in [0.4, 0.5) is 11.5 Å². The Balaban J connectivity index is 1.40. The summed E-state index contributed by atoms with van der Waals surface area (Å²) in [5.74, 6) is 0.627. The molecule has 0 aliphatic carbocycles. The summed E-state index contributed by atoms with van der Waals surface area (Å²) in [5.41, 5.74) is 8.17. The number of methoxy groups -OCH3 is 1. The molecule has 0 saturated carbocycles. The van der Waals surface area contributed by atoms with Gasteiger partial charge in [0.05, 0.1) is 13.7 Å². The van der Waals surface area contributed by atoms with Crippen LogP contribution in [0.25, 0.3) is 11.3 Å². The summed E-state index contributed by atoms with van der Waals surface area (Å²) >= 11 is 0. The van der Waals surface area contributed by atoms with Gasteiger partial charge in [0, 0.05) is 35.8 Å². The van der Waals surface area contributed by atoms with E-state index in [0.717, 1.165) is 50.9 Å². The molecule has 0 spiro atoms. The summed E-state index contributed by atoms with van der Waals surface area (Å²) in [6.07, 6.45) is 2.09. The molecule has 7 heteroatoms. The predicted molar refractivity (Wildman–Crippen MR) is 144 cm³/mol. The average Bonchev–Trinajstić information content (AvgIpc) is 3.33. The zero-order chi connectivity index (χ0) is 25.7. The van der Waals surface area contributed by atoms with Crippen LogP contribution in [0.1, 0.15) is 27.9 Å². The molecule has 0 radical (unpaired) electrons. The van der Waals surface area contributed by atoms with Crippen molar-refractivity contribution in [1.29, 1.82) is 0 Å². The number of nitrogens with zero attached hydrogens (tertiary/aromatic N) is 1. The summed E-state index contributed by atoms with van der Waals surface area (Å²) in [5, 5.41) is 16.4. The molecule has 0 amide bonds. The second-order valence-corrected chi connectivity index (χ2v) is 9.04. The number of carboxylic acids is 1. The maximum atomic E-state index is 12.0. The molecule has 1 atom stereocenters. The number of nitrogens with one attached hydrogen (secondary N) is 3. The second kappa shape index (κ2) is 11.0. The number of aromatic amines is 1. The third kappa shape index (κ3) is 6.05. The molecule has 0 aliphatic rings. The highest BCUT2D eigenvalue weighted by molar-refractivity contribution is 5.79. The van der Waals surface area contributed by atoms with Crippen molar-refractivity contribution >= 4 is 17.5 Å². The fourth-order valence-corrected chi connectivity index (χ4v) is 4.37. The van der Waals surface area contributed by atoms with Crippen LogP contribution < -0.4 is 15.4 Å². The van der Waals surface area contributed by atoms with Crippen LogP contribution in [0.3, 0.4) is 0 Å². The quantitative estimate of drug-likeness (QED) is 0.229. The van der Waals surface area contributed by atoms with Gasteiger partial charge in [-0.2, -0.15) is 0 Å². The van der Waals surface area contributed by atoms with Crippen LogP contribution in [0.5, 0.6) is 5.75 Å². The summed E-state index contributed by atoms with van der Waals surface area (Å²) in [6.45, 7) is 6.65. The van der Waals surface area contributed by atoms with E-state index in [0.29, 0.717) is 13.0 Å². The number of rotatable bonds is 10. The molecule has 0 saturated heterocycles. The van der Waals surface area contributed by atoms with Crippen molar-refractivity contribution in [3.8, 4) is 17.0 Å². The first-order valence-electron chi connectivity index (χ1n) is 11.9. The predicted octanol–water partition coefficient (Wildman–Crippen LogP) is 5.73. The molecule has 36 heavy (non-hydrogen) atoms. The minimum Gasteiger partial charge on any atom is -0.497 e. The number of benzene rings is 2. The van der Waals surface area contributed by atoms with Crippen molar-refractivity contribution in [3.63, 3.8) is 0 Å². The lowest BCUT2D eigenvalue weighted by Gasteiger charge is -2.20. The van der Waals surface area contributed by atoms with Gasteiger partial charge >= 0.3 is 5.97 Å². The van der Waals surface area contributed by atoms with Gasteiger partial charge in [-0.05, 0) is 61.2 Å². The number of aliphatic carboxylic acids is 1. The Bertz CT molecular complexity index is 1320. The largest absolute Gasteiger partial charge is 0.497 e. The Hall–Kier alpha value is -4.26. The maximum Gasteiger partial charge on any atom is 0.326 e. The number of H-pyrrole nitrogens is 1. The van der Waals surface area contributed by atoms with E-state index in [4.69, 9.17) is 4.74 Å². The van der Waals surface area contributed by atoms with Crippen LogP contribution in [0, 0.1) is 20.8 Å². The molecule has 7 nitrogen and oxygen atoms in total. The number of carboxylic acid groups (broad SMARTS) is 1. The minimum absolute atomic E-state index is 0.385. The van der Waals surface area contributed by atoms with E-state index in [-0.39, 0.29) is 0 Å². The Morgan fingerprint density at radius 1 is 1.03 bits per heavy atom. The normalized spacial score (nSPS) is 11.7. The SMILES string of the molecule is COc1ccnc(NCc2ccc(-c3ccc(CC(Nc4c(C)cc(C)cc4C)C(=O)O)cc3)[nH]2)c1. The summed E-state index contributed by atoms with van der Waals surface area (Å²) in [7, 11) is 1.63. The molecule has 4 N–H and O–H groups in total. The van der Waals surface area contributed by atoms with Gasteiger partial charge in [-0.1, -0.05) is 42.0 Å². The molecule has 0 aliphatic heterocycles. The highest BCUT2D eigenvalue weighted by Crippen LogP contribution is 2.25. The Morgan fingerprint density at radius 2 is 1.75 bits per heavy atom. The van der Waals surface area contributed by atoms with E-state index >= 15 is 0 Å². The molecule has 1 unspecified atom stereocenters. The van der Waals surface area contributed by atoms with Crippen molar-refractivity contribution < 1.29 is 14.6 Å². The fraction of sp³-hybridized carbons (Fsp3) is 0.241. The topological polar surface area (TPSA) is 99.3 Å². The highest BCUT2D eigenvalue weighted by Gasteiger charge is 2.20. The number of aryl methyl sites for hydroxylation is 3. The van der Waals surface area contributed by atoms with E-state index in [2.05, 4.69) is 32.7 Å². The van der Waals surface area contributed by atoms with Crippen LogP contribution >= 0.6 is 0 Å². The van der Waals surface area contributed by atoms with Gasteiger partial charge in [0.2, 0.25) is 0 Å². The maximum absolute atomic E-state index is 12.0. The van der Waals surface area contributed by atoms with Gasteiger partial charge in [0.15, 0.2) is 0 Å². The standard InChI is InChI=1S/C29H32N4O3/c1-18-13-19(2)28(20(3)14-18)33-26(29(34)35)15-21-5-7-22(8-6-21)25-10-9-23(32-25)17-31-27-16-24(36-4)11-12-30-27/h5-14,16,26,32-33H,15,17H2,1-4H3,(H,30,31)(H,34,35). The lowest BCUT2D eigenvalue weighted by atomic mass is 10.0. The number of aromatic nitrogens is 2.